The maximum Gasteiger partial charge on any atom is 0.235 e. The quantitative estimate of drug-likeness (QED) is 0.793. The molecule has 0 radical (unpaired) electrons. The lowest BCUT2D eigenvalue weighted by atomic mass is 10.1. The van der Waals surface area contributed by atoms with Gasteiger partial charge in [-0.15, -0.1) is 11.8 Å². The number of morpholine rings is 1. The Morgan fingerprint density at radius 1 is 1.50 bits per heavy atom. The summed E-state index contributed by atoms with van der Waals surface area (Å²) in [4.78, 5) is 13.9. The Balaban J connectivity index is 2.34. The topological polar surface area (TPSA) is 55.6 Å². The minimum Gasteiger partial charge on any atom is -0.378 e. The van der Waals surface area contributed by atoms with Gasteiger partial charge in [0.05, 0.1) is 18.5 Å². The summed E-state index contributed by atoms with van der Waals surface area (Å²) in [5.41, 5.74) is 5.68. The van der Waals surface area contributed by atoms with Gasteiger partial charge in [-0.3, -0.25) is 4.79 Å². The van der Waals surface area contributed by atoms with E-state index < -0.39 is 0 Å². The van der Waals surface area contributed by atoms with Crippen molar-refractivity contribution in [1.29, 1.82) is 0 Å². The molecule has 1 heterocycles. The number of rotatable bonds is 4. The minimum absolute atomic E-state index is 0.0130. The lowest BCUT2D eigenvalue weighted by Crippen LogP contribution is -2.45. The Kier molecular flexibility index (Phi) is 5.08. The highest BCUT2D eigenvalue weighted by molar-refractivity contribution is 8.00. The monoisotopic (exact) mass is 246 g/mol. The number of nitrogens with zero attached hydrogens (tertiary/aromatic N) is 1. The van der Waals surface area contributed by atoms with Crippen molar-refractivity contribution < 1.29 is 9.53 Å². The standard InChI is InChI=1S/C11H22N2O2S/c1-9(16-8-11(2,3)12)10(14)13-4-6-15-7-5-13/h9H,4-8,12H2,1-3H3. The third-order valence-corrected chi connectivity index (χ3v) is 3.99. The van der Waals surface area contributed by atoms with Gasteiger partial charge in [-0.1, -0.05) is 0 Å². The molecule has 0 aromatic heterocycles. The molecular weight excluding hydrogens is 224 g/mol. The molecule has 1 aliphatic heterocycles. The molecule has 5 heteroatoms. The Morgan fingerprint density at radius 3 is 2.56 bits per heavy atom. The van der Waals surface area contributed by atoms with Gasteiger partial charge in [0.1, 0.15) is 0 Å². The smallest absolute Gasteiger partial charge is 0.235 e. The van der Waals surface area contributed by atoms with Crippen molar-refractivity contribution in [1.82, 2.24) is 4.90 Å². The summed E-state index contributed by atoms with van der Waals surface area (Å²) >= 11 is 1.63. The van der Waals surface area contributed by atoms with E-state index in [-0.39, 0.29) is 16.7 Å². The molecule has 1 atom stereocenters. The minimum atomic E-state index is -0.218. The molecule has 4 nitrogen and oxygen atoms in total. The van der Waals surface area contributed by atoms with E-state index in [0.29, 0.717) is 13.2 Å². The summed E-state index contributed by atoms with van der Waals surface area (Å²) in [7, 11) is 0. The van der Waals surface area contributed by atoms with E-state index >= 15 is 0 Å². The van der Waals surface area contributed by atoms with E-state index in [9.17, 15) is 4.79 Å². The van der Waals surface area contributed by atoms with Crippen LogP contribution in [0.2, 0.25) is 0 Å². The Morgan fingerprint density at radius 2 is 2.06 bits per heavy atom. The molecule has 1 aliphatic rings. The van der Waals surface area contributed by atoms with Crippen LogP contribution >= 0.6 is 11.8 Å². The van der Waals surface area contributed by atoms with Crippen molar-refractivity contribution >= 4 is 17.7 Å². The van der Waals surface area contributed by atoms with E-state index in [1.807, 2.05) is 25.7 Å². The Hall–Kier alpha value is -0.260. The third-order valence-electron chi connectivity index (χ3n) is 2.38. The highest BCUT2D eigenvalue weighted by atomic mass is 32.2. The number of ether oxygens (including phenoxy) is 1. The van der Waals surface area contributed by atoms with Gasteiger partial charge in [0, 0.05) is 24.4 Å². The summed E-state index contributed by atoms with van der Waals surface area (Å²) in [6.45, 7) is 8.66. The van der Waals surface area contributed by atoms with Crippen molar-refractivity contribution in [3.8, 4) is 0 Å². The van der Waals surface area contributed by atoms with E-state index in [4.69, 9.17) is 10.5 Å². The SMILES string of the molecule is CC(SCC(C)(C)N)C(=O)N1CCOCC1. The number of carbonyl (C=O) groups excluding carboxylic acids is 1. The third kappa shape index (κ3) is 4.72. The summed E-state index contributed by atoms with van der Waals surface area (Å²) in [6.07, 6.45) is 0. The van der Waals surface area contributed by atoms with Crippen molar-refractivity contribution in [3.05, 3.63) is 0 Å². The second-order valence-electron chi connectivity index (χ2n) is 4.88. The zero-order valence-corrected chi connectivity index (χ0v) is 11.2. The van der Waals surface area contributed by atoms with Gasteiger partial charge >= 0.3 is 0 Å². The maximum atomic E-state index is 12.0. The molecule has 1 fully saturated rings. The number of nitrogens with two attached hydrogens (primary N) is 1. The molecule has 1 rings (SSSR count). The first kappa shape index (κ1) is 13.8. The molecule has 2 N–H and O–H groups in total. The number of thioether (sulfide) groups is 1. The van der Waals surface area contributed by atoms with Gasteiger partial charge in [-0.05, 0) is 20.8 Å². The van der Waals surface area contributed by atoms with Crippen molar-refractivity contribution in [2.45, 2.75) is 31.6 Å². The molecule has 0 bridgehead atoms. The fourth-order valence-corrected chi connectivity index (χ4v) is 2.42. The largest absolute Gasteiger partial charge is 0.378 e. The molecule has 0 aromatic rings. The molecule has 0 spiro atoms. The average Bonchev–Trinajstić information content (AvgIpc) is 2.25. The van der Waals surface area contributed by atoms with Crippen molar-refractivity contribution in [2.75, 3.05) is 32.1 Å². The molecule has 1 amide bonds. The van der Waals surface area contributed by atoms with Crippen LogP contribution in [-0.2, 0) is 9.53 Å². The van der Waals surface area contributed by atoms with Gasteiger partial charge < -0.3 is 15.4 Å². The van der Waals surface area contributed by atoms with Crippen molar-refractivity contribution in [2.24, 2.45) is 5.73 Å². The average molecular weight is 246 g/mol. The number of carbonyl (C=O) groups is 1. The van der Waals surface area contributed by atoms with Crippen LogP contribution in [0.1, 0.15) is 20.8 Å². The van der Waals surface area contributed by atoms with E-state index in [1.54, 1.807) is 11.8 Å². The molecule has 0 aliphatic carbocycles. The number of amides is 1. The lowest BCUT2D eigenvalue weighted by Gasteiger charge is -2.30. The number of hydrogen-bond acceptors (Lipinski definition) is 4. The molecular formula is C11H22N2O2S. The van der Waals surface area contributed by atoms with E-state index in [1.165, 1.54) is 0 Å². The lowest BCUT2D eigenvalue weighted by molar-refractivity contribution is -0.134. The number of hydrogen-bond donors (Lipinski definition) is 1. The molecule has 0 aromatic carbocycles. The predicted molar refractivity (Wildman–Crippen MR) is 67.6 cm³/mol. The molecule has 1 unspecified atom stereocenters. The van der Waals surface area contributed by atoms with Crippen LogP contribution in [0.25, 0.3) is 0 Å². The van der Waals surface area contributed by atoms with Crippen LogP contribution in [0.5, 0.6) is 0 Å². The first-order chi connectivity index (χ1) is 7.40. The molecule has 1 saturated heterocycles. The molecule has 0 saturated carbocycles. The highest BCUT2D eigenvalue weighted by Gasteiger charge is 2.24. The highest BCUT2D eigenvalue weighted by Crippen LogP contribution is 2.18. The summed E-state index contributed by atoms with van der Waals surface area (Å²) in [6, 6.07) is 0. The fraction of sp³-hybridized carbons (Fsp3) is 0.909. The summed E-state index contributed by atoms with van der Waals surface area (Å²) in [5, 5.41) is -0.0130. The van der Waals surface area contributed by atoms with Gasteiger partial charge in [-0.2, -0.15) is 0 Å². The van der Waals surface area contributed by atoms with Crippen LogP contribution < -0.4 is 5.73 Å². The van der Waals surface area contributed by atoms with Crippen LogP contribution in [-0.4, -0.2) is 53.7 Å². The summed E-state index contributed by atoms with van der Waals surface area (Å²) in [5.74, 6) is 1.00. The van der Waals surface area contributed by atoms with E-state index in [2.05, 4.69) is 0 Å². The van der Waals surface area contributed by atoms with Crippen LogP contribution in [0.3, 0.4) is 0 Å². The first-order valence-electron chi connectivity index (χ1n) is 5.67. The van der Waals surface area contributed by atoms with Gasteiger partial charge in [0.15, 0.2) is 0 Å². The zero-order valence-electron chi connectivity index (χ0n) is 10.4. The van der Waals surface area contributed by atoms with Gasteiger partial charge in [0.25, 0.3) is 0 Å². The zero-order chi connectivity index (χ0) is 12.2. The summed E-state index contributed by atoms with van der Waals surface area (Å²) < 4.78 is 5.22. The Labute approximate surface area is 102 Å². The first-order valence-corrected chi connectivity index (χ1v) is 6.72. The second kappa shape index (κ2) is 5.89. The predicted octanol–water partition coefficient (Wildman–Crippen LogP) is 0.704. The molecule has 16 heavy (non-hydrogen) atoms. The van der Waals surface area contributed by atoms with E-state index in [0.717, 1.165) is 18.8 Å². The van der Waals surface area contributed by atoms with Crippen molar-refractivity contribution in [3.63, 3.8) is 0 Å². The maximum absolute atomic E-state index is 12.0. The normalized spacial score (nSPS) is 19.6. The molecule has 94 valence electrons. The van der Waals surface area contributed by atoms with Gasteiger partial charge in [0.2, 0.25) is 5.91 Å². The van der Waals surface area contributed by atoms with Crippen LogP contribution in [0.15, 0.2) is 0 Å². The fourth-order valence-electron chi connectivity index (χ4n) is 1.45. The Bertz CT molecular complexity index is 235. The van der Waals surface area contributed by atoms with Crippen LogP contribution in [0.4, 0.5) is 0 Å². The van der Waals surface area contributed by atoms with Gasteiger partial charge in [-0.25, -0.2) is 0 Å². The van der Waals surface area contributed by atoms with Crippen LogP contribution in [0, 0.1) is 0 Å². The second-order valence-corrected chi connectivity index (χ2v) is 6.21.